The summed E-state index contributed by atoms with van der Waals surface area (Å²) in [6.07, 6.45) is 1.52. The van der Waals surface area contributed by atoms with Gasteiger partial charge >= 0.3 is 0 Å². The van der Waals surface area contributed by atoms with Crippen molar-refractivity contribution in [1.82, 2.24) is 15.8 Å². The average molecular weight is 225 g/mol. The highest BCUT2D eigenvalue weighted by Crippen LogP contribution is 2.05. The lowest BCUT2D eigenvalue weighted by molar-refractivity contribution is 0.0725. The zero-order chi connectivity index (χ0) is 11.4. The number of ether oxygens (including phenoxy) is 1. The molecule has 1 amide bonds. The number of amides is 1. The van der Waals surface area contributed by atoms with Crippen LogP contribution in [-0.4, -0.2) is 43.4 Å². The van der Waals surface area contributed by atoms with Crippen LogP contribution in [0.15, 0.2) is 10.7 Å². The Hall–Kier alpha value is -1.40. The smallest absolute Gasteiger partial charge is 0.290 e. The maximum absolute atomic E-state index is 11.7. The van der Waals surface area contributed by atoms with Crippen molar-refractivity contribution in [3.05, 3.63) is 17.5 Å². The summed E-state index contributed by atoms with van der Waals surface area (Å²) in [5, 5.41) is 9.59. The molecule has 0 saturated carbocycles. The van der Waals surface area contributed by atoms with Gasteiger partial charge in [-0.15, -0.1) is 0 Å². The molecule has 1 aromatic rings. The fourth-order valence-electron chi connectivity index (χ4n) is 1.56. The fourth-order valence-corrected chi connectivity index (χ4v) is 1.56. The minimum atomic E-state index is -0.234. The molecular weight excluding hydrogens is 210 g/mol. The normalized spacial score (nSPS) is 20.7. The van der Waals surface area contributed by atoms with E-state index < -0.39 is 0 Å². The zero-order valence-corrected chi connectivity index (χ0v) is 9.16. The minimum absolute atomic E-state index is 0.168. The predicted molar refractivity (Wildman–Crippen MR) is 56.2 cm³/mol. The zero-order valence-electron chi connectivity index (χ0n) is 9.16. The van der Waals surface area contributed by atoms with Crippen LogP contribution in [0.3, 0.4) is 0 Å². The number of nitrogens with zero attached hydrogens (tertiary/aromatic N) is 1. The Balaban J connectivity index is 1.81. The van der Waals surface area contributed by atoms with Crippen LogP contribution in [0.4, 0.5) is 0 Å². The molecule has 6 heteroatoms. The van der Waals surface area contributed by atoms with Gasteiger partial charge in [-0.2, -0.15) is 0 Å². The summed E-state index contributed by atoms with van der Waals surface area (Å²) in [5.74, 6) is 0.0408. The van der Waals surface area contributed by atoms with Crippen molar-refractivity contribution in [2.24, 2.45) is 0 Å². The molecule has 88 valence electrons. The van der Waals surface area contributed by atoms with E-state index in [9.17, 15) is 4.79 Å². The van der Waals surface area contributed by atoms with Crippen LogP contribution in [0, 0.1) is 6.92 Å². The average Bonchev–Trinajstić information content (AvgIpc) is 2.74. The molecule has 2 N–H and O–H groups in total. The van der Waals surface area contributed by atoms with Crippen LogP contribution in [0.25, 0.3) is 0 Å². The van der Waals surface area contributed by atoms with E-state index in [1.807, 2.05) is 0 Å². The molecule has 2 heterocycles. The van der Waals surface area contributed by atoms with Gasteiger partial charge in [-0.25, -0.2) is 0 Å². The third kappa shape index (κ3) is 2.59. The SMILES string of the molecule is Cc1cnoc1C(=O)NCC1COCCN1. The Kier molecular flexibility index (Phi) is 3.53. The molecule has 1 saturated heterocycles. The highest BCUT2D eigenvalue weighted by molar-refractivity contribution is 5.92. The van der Waals surface area contributed by atoms with Gasteiger partial charge in [-0.1, -0.05) is 5.16 Å². The van der Waals surface area contributed by atoms with E-state index in [0.29, 0.717) is 13.2 Å². The van der Waals surface area contributed by atoms with Crippen molar-refractivity contribution < 1.29 is 14.1 Å². The Labute approximate surface area is 93.3 Å². The second-order valence-corrected chi connectivity index (χ2v) is 3.77. The van der Waals surface area contributed by atoms with Crippen LogP contribution >= 0.6 is 0 Å². The monoisotopic (exact) mass is 225 g/mol. The van der Waals surface area contributed by atoms with Gasteiger partial charge in [0, 0.05) is 24.7 Å². The number of nitrogens with one attached hydrogen (secondary N) is 2. The molecule has 1 aromatic heterocycles. The lowest BCUT2D eigenvalue weighted by atomic mass is 10.2. The number of morpholine rings is 1. The standard InChI is InChI=1S/C10H15N3O3/c1-7-4-13-16-9(7)10(14)12-5-8-6-15-3-2-11-8/h4,8,11H,2-3,5-6H2,1H3,(H,12,14). The van der Waals surface area contributed by atoms with Gasteiger partial charge in [0.05, 0.1) is 19.4 Å². The van der Waals surface area contributed by atoms with Gasteiger partial charge in [0.1, 0.15) is 0 Å². The van der Waals surface area contributed by atoms with E-state index in [2.05, 4.69) is 15.8 Å². The number of hydrogen-bond donors (Lipinski definition) is 2. The summed E-state index contributed by atoms with van der Waals surface area (Å²) < 4.78 is 10.1. The van der Waals surface area contributed by atoms with Crippen LogP contribution in [-0.2, 0) is 4.74 Å². The number of carbonyl (C=O) groups is 1. The number of carbonyl (C=O) groups excluding carboxylic acids is 1. The van der Waals surface area contributed by atoms with E-state index in [1.165, 1.54) is 6.20 Å². The van der Waals surface area contributed by atoms with Gasteiger partial charge in [-0.05, 0) is 6.92 Å². The highest BCUT2D eigenvalue weighted by atomic mass is 16.5. The molecule has 6 nitrogen and oxygen atoms in total. The van der Waals surface area contributed by atoms with E-state index >= 15 is 0 Å². The third-order valence-corrected chi connectivity index (χ3v) is 2.46. The largest absolute Gasteiger partial charge is 0.378 e. The van der Waals surface area contributed by atoms with Crippen LogP contribution < -0.4 is 10.6 Å². The Morgan fingerprint density at radius 1 is 1.75 bits per heavy atom. The number of aryl methyl sites for hydroxylation is 1. The van der Waals surface area contributed by atoms with E-state index in [-0.39, 0.29) is 17.7 Å². The van der Waals surface area contributed by atoms with Gasteiger partial charge in [0.2, 0.25) is 5.76 Å². The minimum Gasteiger partial charge on any atom is -0.378 e. The van der Waals surface area contributed by atoms with Crippen molar-refractivity contribution in [2.45, 2.75) is 13.0 Å². The molecule has 1 atom stereocenters. The van der Waals surface area contributed by atoms with Crippen molar-refractivity contribution in [3.8, 4) is 0 Å². The molecule has 0 bridgehead atoms. The van der Waals surface area contributed by atoms with Crippen molar-refractivity contribution in [3.63, 3.8) is 0 Å². The molecule has 1 aliphatic rings. The first-order valence-electron chi connectivity index (χ1n) is 5.28. The van der Waals surface area contributed by atoms with Crippen LogP contribution in [0.5, 0.6) is 0 Å². The summed E-state index contributed by atoms with van der Waals surface area (Å²) in [6, 6.07) is 0.168. The molecular formula is C10H15N3O3. The topological polar surface area (TPSA) is 76.4 Å². The molecule has 0 radical (unpaired) electrons. The molecule has 1 fully saturated rings. The van der Waals surface area contributed by atoms with Gasteiger partial charge < -0.3 is 19.9 Å². The Morgan fingerprint density at radius 3 is 3.25 bits per heavy atom. The number of rotatable bonds is 3. The van der Waals surface area contributed by atoms with Gasteiger partial charge in [0.25, 0.3) is 5.91 Å². The maximum atomic E-state index is 11.7. The summed E-state index contributed by atoms with van der Waals surface area (Å²) >= 11 is 0. The van der Waals surface area contributed by atoms with Crippen molar-refractivity contribution in [1.29, 1.82) is 0 Å². The number of hydrogen-bond acceptors (Lipinski definition) is 5. The first-order valence-corrected chi connectivity index (χ1v) is 5.28. The second-order valence-electron chi connectivity index (χ2n) is 3.77. The van der Waals surface area contributed by atoms with Gasteiger partial charge in [0.15, 0.2) is 0 Å². The summed E-state index contributed by atoms with van der Waals surface area (Å²) in [4.78, 5) is 11.7. The first kappa shape index (κ1) is 11.1. The summed E-state index contributed by atoms with van der Waals surface area (Å²) in [7, 11) is 0. The first-order chi connectivity index (χ1) is 7.77. The lowest BCUT2D eigenvalue weighted by Crippen LogP contribution is -2.48. The third-order valence-electron chi connectivity index (χ3n) is 2.46. The second kappa shape index (κ2) is 5.09. The molecule has 0 aliphatic carbocycles. The lowest BCUT2D eigenvalue weighted by Gasteiger charge is -2.23. The molecule has 16 heavy (non-hydrogen) atoms. The summed E-state index contributed by atoms with van der Waals surface area (Å²) in [6.45, 7) is 4.48. The molecule has 0 aromatic carbocycles. The Morgan fingerprint density at radius 2 is 2.62 bits per heavy atom. The molecule has 1 unspecified atom stereocenters. The maximum Gasteiger partial charge on any atom is 0.290 e. The quantitative estimate of drug-likeness (QED) is 0.738. The summed E-state index contributed by atoms with van der Waals surface area (Å²) in [5.41, 5.74) is 0.741. The molecule has 0 spiro atoms. The highest BCUT2D eigenvalue weighted by Gasteiger charge is 2.17. The predicted octanol–water partition coefficient (Wildman–Crippen LogP) is -0.299. The van der Waals surface area contributed by atoms with Crippen LogP contribution in [0.1, 0.15) is 16.1 Å². The molecule has 1 aliphatic heterocycles. The van der Waals surface area contributed by atoms with Crippen LogP contribution in [0.2, 0.25) is 0 Å². The fraction of sp³-hybridized carbons (Fsp3) is 0.600. The van der Waals surface area contributed by atoms with Crippen molar-refractivity contribution >= 4 is 5.91 Å². The van der Waals surface area contributed by atoms with Gasteiger partial charge in [-0.3, -0.25) is 4.79 Å². The van der Waals surface area contributed by atoms with E-state index in [4.69, 9.17) is 9.26 Å². The number of aromatic nitrogens is 1. The van der Waals surface area contributed by atoms with E-state index in [1.54, 1.807) is 6.92 Å². The van der Waals surface area contributed by atoms with Crippen molar-refractivity contribution in [2.75, 3.05) is 26.3 Å². The Bertz CT molecular complexity index is 358. The molecule has 2 rings (SSSR count). The van der Waals surface area contributed by atoms with E-state index in [0.717, 1.165) is 18.7 Å².